The SMILES string of the molecule is CC.Cc1ccc2ncc(F)n2n1. The van der Waals surface area contributed by atoms with Gasteiger partial charge in [-0.25, -0.2) is 4.98 Å². The summed E-state index contributed by atoms with van der Waals surface area (Å²) >= 11 is 0. The lowest BCUT2D eigenvalue weighted by molar-refractivity contribution is 0.546. The summed E-state index contributed by atoms with van der Waals surface area (Å²) in [6.07, 6.45) is 1.15. The van der Waals surface area contributed by atoms with Gasteiger partial charge < -0.3 is 0 Å². The van der Waals surface area contributed by atoms with Gasteiger partial charge in [0.1, 0.15) is 0 Å². The first-order chi connectivity index (χ1) is 6.27. The molecule has 0 aliphatic rings. The zero-order valence-electron chi connectivity index (χ0n) is 7.95. The number of hydrogen-bond acceptors (Lipinski definition) is 2. The number of nitrogens with zero attached hydrogens (tertiary/aromatic N) is 3. The summed E-state index contributed by atoms with van der Waals surface area (Å²) in [4.78, 5) is 3.78. The Hall–Kier alpha value is -1.45. The van der Waals surface area contributed by atoms with Crippen LogP contribution in [0, 0.1) is 12.9 Å². The summed E-state index contributed by atoms with van der Waals surface area (Å²) in [5, 5.41) is 3.91. The fourth-order valence-electron chi connectivity index (χ4n) is 0.937. The Bertz CT molecular complexity index is 395. The molecule has 2 aromatic rings. The first-order valence-electron chi connectivity index (χ1n) is 4.24. The monoisotopic (exact) mass is 181 g/mol. The summed E-state index contributed by atoms with van der Waals surface area (Å²) in [5.74, 6) is -0.427. The van der Waals surface area contributed by atoms with Crippen molar-refractivity contribution >= 4 is 5.65 Å². The molecular weight excluding hydrogens is 169 g/mol. The van der Waals surface area contributed by atoms with Gasteiger partial charge in [-0.2, -0.15) is 14.0 Å². The van der Waals surface area contributed by atoms with E-state index in [1.165, 1.54) is 4.52 Å². The van der Waals surface area contributed by atoms with E-state index in [-0.39, 0.29) is 0 Å². The Morgan fingerprint density at radius 2 is 2.00 bits per heavy atom. The highest BCUT2D eigenvalue weighted by Gasteiger charge is 2.01. The lowest BCUT2D eigenvalue weighted by atomic mass is 10.4. The molecule has 0 N–H and O–H groups in total. The largest absolute Gasteiger partial charge is 0.234 e. The summed E-state index contributed by atoms with van der Waals surface area (Å²) in [5.41, 5.74) is 1.31. The van der Waals surface area contributed by atoms with Crippen molar-refractivity contribution < 1.29 is 4.39 Å². The van der Waals surface area contributed by atoms with Gasteiger partial charge in [0.25, 0.3) is 0 Å². The summed E-state index contributed by atoms with van der Waals surface area (Å²) < 4.78 is 13.9. The number of hydrogen-bond donors (Lipinski definition) is 0. The fourth-order valence-corrected chi connectivity index (χ4v) is 0.937. The van der Waals surface area contributed by atoms with Crippen molar-refractivity contribution in [3.8, 4) is 0 Å². The van der Waals surface area contributed by atoms with Gasteiger partial charge in [-0.05, 0) is 19.1 Å². The topological polar surface area (TPSA) is 30.2 Å². The molecule has 4 heteroatoms. The van der Waals surface area contributed by atoms with Crippen LogP contribution in [0.1, 0.15) is 19.5 Å². The molecule has 3 nitrogen and oxygen atoms in total. The Morgan fingerprint density at radius 1 is 1.31 bits per heavy atom. The van der Waals surface area contributed by atoms with E-state index in [0.29, 0.717) is 5.65 Å². The van der Waals surface area contributed by atoms with Crippen molar-refractivity contribution in [2.24, 2.45) is 0 Å². The normalized spacial score (nSPS) is 9.54. The van der Waals surface area contributed by atoms with Crippen LogP contribution in [0.5, 0.6) is 0 Å². The van der Waals surface area contributed by atoms with Crippen LogP contribution in [0.2, 0.25) is 0 Å². The number of imidazole rings is 1. The van der Waals surface area contributed by atoms with Gasteiger partial charge >= 0.3 is 0 Å². The minimum atomic E-state index is -0.427. The van der Waals surface area contributed by atoms with Gasteiger partial charge in [-0.1, -0.05) is 13.8 Å². The van der Waals surface area contributed by atoms with E-state index in [1.807, 2.05) is 13.8 Å². The van der Waals surface area contributed by atoms with Crippen molar-refractivity contribution in [1.29, 1.82) is 0 Å². The Kier molecular flexibility index (Phi) is 2.95. The van der Waals surface area contributed by atoms with Gasteiger partial charge in [0.15, 0.2) is 5.65 Å². The summed E-state index contributed by atoms with van der Waals surface area (Å²) in [6.45, 7) is 5.80. The highest BCUT2D eigenvalue weighted by atomic mass is 19.1. The molecule has 0 atom stereocenters. The molecule has 0 bridgehead atoms. The molecule has 2 heterocycles. The molecule has 2 aromatic heterocycles. The Morgan fingerprint density at radius 3 is 2.69 bits per heavy atom. The van der Waals surface area contributed by atoms with Crippen molar-refractivity contribution in [3.05, 3.63) is 30.0 Å². The van der Waals surface area contributed by atoms with E-state index in [9.17, 15) is 4.39 Å². The standard InChI is InChI=1S/C7H6FN3.C2H6/c1-5-2-3-7-9-4-6(8)11(7)10-5;1-2/h2-4H,1H3;1-2H3. The second-order valence-electron chi connectivity index (χ2n) is 2.33. The maximum absolute atomic E-state index is 12.8. The van der Waals surface area contributed by atoms with Crippen LogP contribution in [0.15, 0.2) is 18.3 Å². The Balaban J connectivity index is 0.000000396. The lowest BCUT2D eigenvalue weighted by Crippen LogP contribution is -1.95. The average molecular weight is 181 g/mol. The number of aromatic nitrogens is 3. The van der Waals surface area contributed by atoms with E-state index >= 15 is 0 Å². The minimum absolute atomic E-state index is 0.427. The third-order valence-electron chi connectivity index (χ3n) is 1.45. The molecule has 0 unspecified atom stereocenters. The number of fused-ring (bicyclic) bond motifs is 1. The van der Waals surface area contributed by atoms with Gasteiger partial charge in [0.05, 0.1) is 11.9 Å². The first-order valence-corrected chi connectivity index (χ1v) is 4.24. The second-order valence-corrected chi connectivity index (χ2v) is 2.33. The van der Waals surface area contributed by atoms with E-state index in [2.05, 4.69) is 10.1 Å². The maximum atomic E-state index is 12.8. The van der Waals surface area contributed by atoms with Gasteiger partial charge in [-0.15, -0.1) is 0 Å². The molecular formula is C9H12FN3. The summed E-state index contributed by atoms with van der Waals surface area (Å²) in [6, 6.07) is 3.52. The van der Waals surface area contributed by atoms with Crippen LogP contribution in [0.25, 0.3) is 5.65 Å². The van der Waals surface area contributed by atoms with Gasteiger partial charge in [0.2, 0.25) is 5.95 Å². The fraction of sp³-hybridized carbons (Fsp3) is 0.333. The Labute approximate surface area is 76.2 Å². The predicted octanol–water partition coefficient (Wildman–Crippen LogP) is 2.20. The molecule has 0 fully saturated rings. The predicted molar refractivity (Wildman–Crippen MR) is 49.0 cm³/mol. The van der Waals surface area contributed by atoms with Gasteiger partial charge in [-0.3, -0.25) is 0 Å². The van der Waals surface area contributed by atoms with Crippen LogP contribution < -0.4 is 0 Å². The molecule has 0 aliphatic heterocycles. The van der Waals surface area contributed by atoms with Crippen LogP contribution in [-0.4, -0.2) is 14.6 Å². The van der Waals surface area contributed by atoms with E-state index in [0.717, 1.165) is 11.9 Å². The van der Waals surface area contributed by atoms with Crippen LogP contribution >= 0.6 is 0 Å². The highest BCUT2D eigenvalue weighted by Crippen LogP contribution is 2.02. The molecule has 0 aliphatic carbocycles. The minimum Gasteiger partial charge on any atom is -0.232 e. The van der Waals surface area contributed by atoms with Crippen LogP contribution in [0.3, 0.4) is 0 Å². The van der Waals surface area contributed by atoms with Crippen molar-refractivity contribution in [1.82, 2.24) is 14.6 Å². The smallest absolute Gasteiger partial charge is 0.232 e. The van der Waals surface area contributed by atoms with Crippen molar-refractivity contribution in [3.63, 3.8) is 0 Å². The zero-order valence-corrected chi connectivity index (χ0v) is 7.95. The molecule has 0 spiro atoms. The summed E-state index contributed by atoms with van der Waals surface area (Å²) in [7, 11) is 0. The molecule has 0 amide bonds. The third-order valence-corrected chi connectivity index (χ3v) is 1.45. The van der Waals surface area contributed by atoms with E-state index < -0.39 is 5.95 Å². The van der Waals surface area contributed by atoms with Crippen LogP contribution in [0.4, 0.5) is 4.39 Å². The molecule has 0 saturated heterocycles. The van der Waals surface area contributed by atoms with Crippen molar-refractivity contribution in [2.75, 3.05) is 0 Å². The molecule has 0 saturated carbocycles. The lowest BCUT2D eigenvalue weighted by Gasteiger charge is -1.93. The third kappa shape index (κ3) is 1.83. The average Bonchev–Trinajstić information content (AvgIpc) is 2.52. The molecule has 0 aromatic carbocycles. The van der Waals surface area contributed by atoms with Crippen LogP contribution in [-0.2, 0) is 0 Å². The molecule has 70 valence electrons. The van der Waals surface area contributed by atoms with Crippen molar-refractivity contribution in [2.45, 2.75) is 20.8 Å². The van der Waals surface area contributed by atoms with E-state index in [4.69, 9.17) is 0 Å². The van der Waals surface area contributed by atoms with E-state index in [1.54, 1.807) is 19.1 Å². The second kappa shape index (κ2) is 3.98. The molecule has 2 rings (SSSR count). The quantitative estimate of drug-likeness (QED) is 0.623. The van der Waals surface area contributed by atoms with Gasteiger partial charge in [0, 0.05) is 0 Å². The number of rotatable bonds is 0. The number of aryl methyl sites for hydroxylation is 1. The number of halogens is 1. The highest BCUT2D eigenvalue weighted by molar-refractivity contribution is 5.36. The molecule has 13 heavy (non-hydrogen) atoms. The zero-order chi connectivity index (χ0) is 9.84. The molecule has 0 radical (unpaired) electrons. The first kappa shape index (κ1) is 9.64. The maximum Gasteiger partial charge on any atom is 0.234 e.